The molecule has 1 unspecified atom stereocenters. The molecule has 0 amide bonds. The zero-order valence-corrected chi connectivity index (χ0v) is 8.16. The van der Waals surface area contributed by atoms with E-state index >= 15 is 0 Å². The molecule has 0 aromatic carbocycles. The Kier molecular flexibility index (Phi) is 2.78. The molecule has 0 aliphatic heterocycles. The second-order valence-corrected chi connectivity index (χ2v) is 3.29. The highest BCUT2D eigenvalue weighted by molar-refractivity contribution is 6.00. The minimum absolute atomic E-state index is 0.0509. The van der Waals surface area contributed by atoms with E-state index in [0.717, 1.165) is 11.3 Å². The number of nitrogens with two attached hydrogens (primary N) is 1. The second kappa shape index (κ2) is 3.66. The molecule has 0 aliphatic carbocycles. The van der Waals surface area contributed by atoms with E-state index in [9.17, 15) is 4.79 Å². The van der Waals surface area contributed by atoms with Crippen molar-refractivity contribution < 1.29 is 4.79 Å². The quantitative estimate of drug-likeness (QED) is 0.693. The number of hydrogen-bond donors (Lipinski definition) is 1. The van der Waals surface area contributed by atoms with Crippen LogP contribution in [0.15, 0.2) is 12.3 Å². The van der Waals surface area contributed by atoms with Gasteiger partial charge in [-0.05, 0) is 32.4 Å². The number of Topliss-reactive ketones (excluding diaryl/α,β-unsaturated/α-hetero) is 1. The van der Waals surface area contributed by atoms with Crippen molar-refractivity contribution in [2.75, 3.05) is 0 Å². The van der Waals surface area contributed by atoms with Crippen LogP contribution < -0.4 is 5.73 Å². The van der Waals surface area contributed by atoms with Crippen molar-refractivity contribution in [3.63, 3.8) is 0 Å². The second-order valence-electron chi connectivity index (χ2n) is 3.29. The van der Waals surface area contributed by atoms with E-state index in [2.05, 4.69) is 4.98 Å². The minimum atomic E-state index is -0.455. The number of ketones is 1. The molecular weight excluding hydrogens is 164 g/mol. The molecule has 3 nitrogen and oxygen atoms in total. The fourth-order valence-corrected chi connectivity index (χ4v) is 1.20. The Morgan fingerprint density at radius 3 is 2.62 bits per heavy atom. The van der Waals surface area contributed by atoms with Crippen LogP contribution in [0.4, 0.5) is 0 Å². The van der Waals surface area contributed by atoms with Crippen LogP contribution in [0, 0.1) is 13.8 Å². The summed E-state index contributed by atoms with van der Waals surface area (Å²) in [6.07, 6.45) is 1.59. The van der Waals surface area contributed by atoms with Crippen molar-refractivity contribution in [3.8, 4) is 0 Å². The molecule has 1 atom stereocenters. The lowest BCUT2D eigenvalue weighted by atomic mass is 10.0. The van der Waals surface area contributed by atoms with Crippen molar-refractivity contribution >= 4 is 5.78 Å². The van der Waals surface area contributed by atoms with Crippen LogP contribution in [0.2, 0.25) is 0 Å². The molecule has 3 heteroatoms. The van der Waals surface area contributed by atoms with Gasteiger partial charge in [-0.2, -0.15) is 0 Å². The highest BCUT2D eigenvalue weighted by Crippen LogP contribution is 2.09. The van der Waals surface area contributed by atoms with Gasteiger partial charge in [0.05, 0.1) is 6.04 Å². The first-order valence-corrected chi connectivity index (χ1v) is 4.25. The van der Waals surface area contributed by atoms with E-state index in [0.29, 0.717) is 5.56 Å². The molecule has 0 fully saturated rings. The monoisotopic (exact) mass is 178 g/mol. The summed E-state index contributed by atoms with van der Waals surface area (Å²) in [5.41, 5.74) is 7.98. The lowest BCUT2D eigenvalue weighted by Gasteiger charge is -2.07. The maximum atomic E-state index is 11.5. The lowest BCUT2D eigenvalue weighted by Crippen LogP contribution is -2.27. The first-order valence-electron chi connectivity index (χ1n) is 4.25. The third kappa shape index (κ3) is 2.12. The molecule has 13 heavy (non-hydrogen) atoms. The maximum Gasteiger partial charge on any atom is 0.181 e. The van der Waals surface area contributed by atoms with Gasteiger partial charge in [-0.3, -0.25) is 9.78 Å². The summed E-state index contributed by atoms with van der Waals surface area (Å²) in [6.45, 7) is 5.47. The molecule has 0 radical (unpaired) electrons. The zero-order valence-electron chi connectivity index (χ0n) is 8.16. The van der Waals surface area contributed by atoms with Crippen molar-refractivity contribution in [2.45, 2.75) is 26.8 Å². The maximum absolute atomic E-state index is 11.5. The van der Waals surface area contributed by atoms with Gasteiger partial charge in [0.2, 0.25) is 0 Å². The van der Waals surface area contributed by atoms with Crippen molar-refractivity contribution in [1.82, 2.24) is 4.98 Å². The van der Waals surface area contributed by atoms with Crippen LogP contribution in [0.25, 0.3) is 0 Å². The molecule has 0 spiro atoms. The van der Waals surface area contributed by atoms with Crippen LogP contribution in [0.1, 0.15) is 28.5 Å². The summed E-state index contributed by atoms with van der Waals surface area (Å²) in [4.78, 5) is 15.6. The lowest BCUT2D eigenvalue weighted by molar-refractivity contribution is 0.0967. The van der Waals surface area contributed by atoms with E-state index in [1.165, 1.54) is 0 Å². The number of hydrogen-bond acceptors (Lipinski definition) is 3. The van der Waals surface area contributed by atoms with Gasteiger partial charge in [0.1, 0.15) is 0 Å². The Bertz CT molecular complexity index is 332. The largest absolute Gasteiger partial charge is 0.321 e. The fraction of sp³-hybridized carbons (Fsp3) is 0.400. The fourth-order valence-electron chi connectivity index (χ4n) is 1.20. The van der Waals surface area contributed by atoms with Crippen LogP contribution in [0.3, 0.4) is 0 Å². The third-order valence-electron chi connectivity index (χ3n) is 1.93. The van der Waals surface area contributed by atoms with E-state index < -0.39 is 6.04 Å². The number of nitrogens with zero attached hydrogens (tertiary/aromatic N) is 1. The molecule has 0 aliphatic rings. The highest BCUT2D eigenvalue weighted by atomic mass is 16.1. The summed E-state index contributed by atoms with van der Waals surface area (Å²) in [7, 11) is 0. The first-order chi connectivity index (χ1) is 6.02. The Balaban J connectivity index is 3.09. The average molecular weight is 178 g/mol. The molecule has 2 N–H and O–H groups in total. The number of rotatable bonds is 2. The molecule has 1 rings (SSSR count). The molecule has 0 saturated heterocycles. The number of pyridine rings is 1. The van der Waals surface area contributed by atoms with Gasteiger partial charge in [0.15, 0.2) is 5.78 Å². The number of carbonyl (C=O) groups is 1. The smallest absolute Gasteiger partial charge is 0.181 e. The van der Waals surface area contributed by atoms with Gasteiger partial charge in [0, 0.05) is 17.5 Å². The molecule has 1 heterocycles. The van der Waals surface area contributed by atoms with Crippen LogP contribution >= 0.6 is 0 Å². The minimum Gasteiger partial charge on any atom is -0.321 e. The third-order valence-corrected chi connectivity index (χ3v) is 1.93. The molecule has 0 saturated carbocycles. The van der Waals surface area contributed by atoms with Gasteiger partial charge >= 0.3 is 0 Å². The molecular formula is C10H14N2O. The molecule has 0 bridgehead atoms. The normalized spacial score (nSPS) is 12.6. The van der Waals surface area contributed by atoms with Crippen molar-refractivity contribution in [2.24, 2.45) is 5.73 Å². The number of carbonyl (C=O) groups excluding carboxylic acids is 1. The van der Waals surface area contributed by atoms with Gasteiger partial charge in [-0.25, -0.2) is 0 Å². The Hall–Kier alpha value is -1.22. The van der Waals surface area contributed by atoms with E-state index in [-0.39, 0.29) is 5.78 Å². The summed E-state index contributed by atoms with van der Waals surface area (Å²) in [6, 6.07) is 1.43. The topological polar surface area (TPSA) is 56.0 Å². The molecule has 1 aromatic rings. The SMILES string of the molecule is Cc1cc(C)c(C(=O)C(C)N)cn1. The van der Waals surface area contributed by atoms with Crippen LogP contribution in [0.5, 0.6) is 0 Å². The summed E-state index contributed by atoms with van der Waals surface area (Å²) in [5, 5.41) is 0. The standard InChI is InChI=1S/C10H14N2O/c1-6-4-7(2)12-5-9(6)10(13)8(3)11/h4-5,8H,11H2,1-3H3. The Morgan fingerprint density at radius 2 is 2.15 bits per heavy atom. The first kappa shape index (κ1) is 9.86. The van der Waals surface area contributed by atoms with Gasteiger partial charge in [-0.1, -0.05) is 0 Å². The Morgan fingerprint density at radius 1 is 1.54 bits per heavy atom. The van der Waals surface area contributed by atoms with Crippen LogP contribution in [-0.2, 0) is 0 Å². The molecule has 1 aromatic heterocycles. The summed E-state index contributed by atoms with van der Waals surface area (Å²) in [5.74, 6) is -0.0509. The predicted molar refractivity (Wildman–Crippen MR) is 51.7 cm³/mol. The van der Waals surface area contributed by atoms with Crippen molar-refractivity contribution in [1.29, 1.82) is 0 Å². The van der Waals surface area contributed by atoms with Gasteiger partial charge in [0.25, 0.3) is 0 Å². The van der Waals surface area contributed by atoms with Gasteiger partial charge < -0.3 is 5.73 Å². The number of aryl methyl sites for hydroxylation is 2. The average Bonchev–Trinajstić information content (AvgIpc) is 2.03. The molecule has 70 valence electrons. The van der Waals surface area contributed by atoms with Crippen molar-refractivity contribution in [3.05, 3.63) is 29.1 Å². The zero-order chi connectivity index (χ0) is 10.0. The number of aromatic nitrogens is 1. The summed E-state index contributed by atoms with van der Waals surface area (Å²) < 4.78 is 0. The summed E-state index contributed by atoms with van der Waals surface area (Å²) >= 11 is 0. The highest BCUT2D eigenvalue weighted by Gasteiger charge is 2.13. The predicted octanol–water partition coefficient (Wildman–Crippen LogP) is 1.23. The van der Waals surface area contributed by atoms with E-state index in [1.807, 2.05) is 19.9 Å². The Labute approximate surface area is 78.0 Å². The van der Waals surface area contributed by atoms with E-state index in [4.69, 9.17) is 5.73 Å². The van der Waals surface area contributed by atoms with Gasteiger partial charge in [-0.15, -0.1) is 0 Å². The van der Waals surface area contributed by atoms with Crippen LogP contribution in [-0.4, -0.2) is 16.8 Å². The van der Waals surface area contributed by atoms with E-state index in [1.54, 1.807) is 13.1 Å².